The Labute approximate surface area is 106 Å². The summed E-state index contributed by atoms with van der Waals surface area (Å²) in [6, 6.07) is -0.801. The monoisotopic (exact) mass is 253 g/mol. The molecule has 18 heavy (non-hydrogen) atoms. The average molecular weight is 253 g/mol. The van der Waals surface area contributed by atoms with Crippen LogP contribution in [0.5, 0.6) is 0 Å². The Morgan fingerprint density at radius 3 is 2.22 bits per heavy atom. The topological polar surface area (TPSA) is 74.7 Å². The minimum Gasteiger partial charge on any atom is -0.480 e. The Balaban J connectivity index is 2.01. The van der Waals surface area contributed by atoms with Crippen molar-refractivity contribution in [1.82, 2.24) is 4.90 Å². The van der Waals surface area contributed by atoms with Crippen LogP contribution in [0.4, 0.5) is 0 Å². The van der Waals surface area contributed by atoms with Crippen LogP contribution in [0.25, 0.3) is 0 Å². The van der Waals surface area contributed by atoms with E-state index in [-0.39, 0.29) is 11.7 Å². The summed E-state index contributed by atoms with van der Waals surface area (Å²) in [5, 5.41) is 9.02. The second kappa shape index (κ2) is 5.50. The average Bonchev–Trinajstić information content (AvgIpc) is 2.87. The molecule has 5 nitrogen and oxygen atoms in total. The van der Waals surface area contributed by atoms with Crippen LogP contribution in [0.15, 0.2) is 0 Å². The van der Waals surface area contributed by atoms with Crippen LogP contribution in [0.1, 0.15) is 44.9 Å². The van der Waals surface area contributed by atoms with Crippen LogP contribution < -0.4 is 0 Å². The fraction of sp³-hybridized carbons (Fsp3) is 0.769. The fourth-order valence-corrected chi connectivity index (χ4v) is 2.95. The zero-order valence-corrected chi connectivity index (χ0v) is 10.4. The third kappa shape index (κ3) is 2.54. The van der Waals surface area contributed by atoms with Gasteiger partial charge in [0.2, 0.25) is 5.78 Å². The fourth-order valence-electron chi connectivity index (χ4n) is 2.95. The molecule has 1 unspecified atom stereocenters. The molecule has 1 atom stereocenters. The van der Waals surface area contributed by atoms with Gasteiger partial charge in [-0.2, -0.15) is 0 Å². The number of carbonyl (C=O) groups excluding carboxylic acids is 2. The van der Waals surface area contributed by atoms with Gasteiger partial charge >= 0.3 is 5.97 Å². The van der Waals surface area contributed by atoms with Crippen molar-refractivity contribution in [1.29, 1.82) is 0 Å². The number of carboxylic acid groups (broad SMARTS) is 1. The van der Waals surface area contributed by atoms with Gasteiger partial charge in [-0.1, -0.05) is 19.3 Å². The third-order valence-corrected chi connectivity index (χ3v) is 3.99. The number of aliphatic carboxylic acids is 1. The van der Waals surface area contributed by atoms with E-state index in [1.807, 2.05) is 0 Å². The van der Waals surface area contributed by atoms with Gasteiger partial charge in [0.15, 0.2) is 0 Å². The summed E-state index contributed by atoms with van der Waals surface area (Å²) in [5.74, 6) is -2.13. The minimum absolute atomic E-state index is 0.179. The number of nitrogens with zero attached hydrogens (tertiary/aromatic N) is 1. The lowest BCUT2D eigenvalue weighted by molar-refractivity contribution is -0.153. The number of carboxylic acids is 1. The van der Waals surface area contributed by atoms with E-state index in [0.717, 1.165) is 32.1 Å². The van der Waals surface area contributed by atoms with Gasteiger partial charge in [0, 0.05) is 12.5 Å². The first-order valence-corrected chi connectivity index (χ1v) is 6.69. The summed E-state index contributed by atoms with van der Waals surface area (Å²) in [7, 11) is 0. The number of carbonyl (C=O) groups is 3. The van der Waals surface area contributed by atoms with E-state index in [9.17, 15) is 14.4 Å². The quantitative estimate of drug-likeness (QED) is 0.767. The van der Waals surface area contributed by atoms with E-state index >= 15 is 0 Å². The predicted molar refractivity (Wildman–Crippen MR) is 64.0 cm³/mol. The second-order valence-electron chi connectivity index (χ2n) is 5.19. The van der Waals surface area contributed by atoms with Gasteiger partial charge in [0.1, 0.15) is 6.04 Å². The van der Waals surface area contributed by atoms with Crippen LogP contribution in [0, 0.1) is 5.92 Å². The zero-order chi connectivity index (χ0) is 13.1. The number of amides is 1. The van der Waals surface area contributed by atoms with Crippen molar-refractivity contribution in [2.75, 3.05) is 6.54 Å². The van der Waals surface area contributed by atoms with Crippen LogP contribution in [-0.2, 0) is 14.4 Å². The van der Waals surface area contributed by atoms with E-state index in [1.165, 1.54) is 4.90 Å². The van der Waals surface area contributed by atoms with E-state index in [4.69, 9.17) is 5.11 Å². The van der Waals surface area contributed by atoms with Crippen molar-refractivity contribution >= 4 is 17.7 Å². The molecule has 2 rings (SSSR count). The van der Waals surface area contributed by atoms with Crippen molar-refractivity contribution in [2.45, 2.75) is 51.0 Å². The molecule has 2 fully saturated rings. The largest absolute Gasteiger partial charge is 0.480 e. The molecule has 1 aliphatic heterocycles. The first-order chi connectivity index (χ1) is 8.61. The standard InChI is InChI=1S/C13H19NO4/c15-11(9-5-2-1-3-6-9)12(16)14-8-4-7-10(14)13(17)18/h9-10H,1-8H2,(H,17,18). The van der Waals surface area contributed by atoms with Gasteiger partial charge in [-0.3, -0.25) is 9.59 Å². The molecule has 0 spiro atoms. The molecule has 1 saturated carbocycles. The molecule has 2 aliphatic rings. The predicted octanol–water partition coefficient (Wildman–Crippen LogP) is 1.21. The zero-order valence-electron chi connectivity index (χ0n) is 10.4. The first kappa shape index (κ1) is 13.1. The van der Waals surface area contributed by atoms with Crippen LogP contribution in [0.2, 0.25) is 0 Å². The molecule has 0 radical (unpaired) electrons. The summed E-state index contributed by atoms with van der Waals surface area (Å²) >= 11 is 0. The maximum absolute atomic E-state index is 12.1. The van der Waals surface area contributed by atoms with Gasteiger partial charge in [0.25, 0.3) is 5.91 Å². The van der Waals surface area contributed by atoms with Crippen molar-refractivity contribution < 1.29 is 19.5 Å². The summed E-state index contributed by atoms with van der Waals surface area (Å²) < 4.78 is 0. The van der Waals surface area contributed by atoms with Crippen molar-refractivity contribution in [3.05, 3.63) is 0 Å². The Morgan fingerprint density at radius 1 is 0.944 bits per heavy atom. The van der Waals surface area contributed by atoms with Crippen molar-refractivity contribution in [3.8, 4) is 0 Å². The van der Waals surface area contributed by atoms with Crippen molar-refractivity contribution in [3.63, 3.8) is 0 Å². The molecular formula is C13H19NO4. The molecule has 0 aromatic carbocycles. The number of rotatable bonds is 3. The van der Waals surface area contributed by atoms with Crippen molar-refractivity contribution in [2.24, 2.45) is 5.92 Å². The summed E-state index contributed by atoms with van der Waals surface area (Å²) in [4.78, 5) is 36.4. The Hall–Kier alpha value is -1.39. The highest BCUT2D eigenvalue weighted by Crippen LogP contribution is 2.26. The molecule has 1 saturated heterocycles. The van der Waals surface area contributed by atoms with Crippen LogP contribution in [0.3, 0.4) is 0 Å². The number of hydrogen-bond acceptors (Lipinski definition) is 3. The summed E-state index contributed by atoms with van der Waals surface area (Å²) in [5.41, 5.74) is 0. The number of Topliss-reactive ketones (excluding diaryl/α,β-unsaturated/α-hetero) is 1. The normalized spacial score (nSPS) is 25.1. The molecule has 100 valence electrons. The maximum atomic E-state index is 12.1. The highest BCUT2D eigenvalue weighted by molar-refractivity contribution is 6.37. The first-order valence-electron chi connectivity index (χ1n) is 6.69. The maximum Gasteiger partial charge on any atom is 0.326 e. The van der Waals surface area contributed by atoms with Gasteiger partial charge < -0.3 is 10.0 Å². The van der Waals surface area contributed by atoms with Gasteiger partial charge in [-0.25, -0.2) is 4.79 Å². The molecule has 1 amide bonds. The van der Waals surface area contributed by atoms with E-state index < -0.39 is 17.9 Å². The minimum atomic E-state index is -1.00. The number of ketones is 1. The van der Waals surface area contributed by atoms with Gasteiger partial charge in [-0.05, 0) is 25.7 Å². The molecule has 5 heteroatoms. The highest BCUT2D eigenvalue weighted by Gasteiger charge is 2.38. The Bertz CT molecular complexity index is 360. The number of likely N-dealkylation sites (tertiary alicyclic amines) is 1. The van der Waals surface area contributed by atoms with E-state index in [2.05, 4.69) is 0 Å². The highest BCUT2D eigenvalue weighted by atomic mass is 16.4. The van der Waals surface area contributed by atoms with Crippen LogP contribution in [-0.4, -0.2) is 40.3 Å². The molecule has 1 N–H and O–H groups in total. The lowest BCUT2D eigenvalue weighted by Gasteiger charge is -2.25. The SMILES string of the molecule is O=C(C(=O)N1CCCC1C(=O)O)C1CCCCC1. The van der Waals surface area contributed by atoms with Gasteiger partial charge in [-0.15, -0.1) is 0 Å². The second-order valence-corrected chi connectivity index (χ2v) is 5.19. The molecule has 0 bridgehead atoms. The van der Waals surface area contributed by atoms with E-state index in [0.29, 0.717) is 19.4 Å². The molecule has 0 aromatic rings. The number of hydrogen-bond donors (Lipinski definition) is 1. The summed E-state index contributed by atoms with van der Waals surface area (Å²) in [6.45, 7) is 0.397. The molecule has 0 aromatic heterocycles. The Morgan fingerprint density at radius 2 is 1.61 bits per heavy atom. The lowest BCUT2D eigenvalue weighted by atomic mass is 9.86. The lowest BCUT2D eigenvalue weighted by Crippen LogP contribution is -2.45. The van der Waals surface area contributed by atoms with E-state index in [1.54, 1.807) is 0 Å². The Kier molecular flexibility index (Phi) is 3.99. The molecule has 1 aliphatic carbocycles. The smallest absolute Gasteiger partial charge is 0.326 e. The molecule has 1 heterocycles. The molecular weight excluding hydrogens is 234 g/mol. The van der Waals surface area contributed by atoms with Crippen LogP contribution >= 0.6 is 0 Å². The third-order valence-electron chi connectivity index (χ3n) is 3.99. The van der Waals surface area contributed by atoms with Gasteiger partial charge in [0.05, 0.1) is 0 Å². The summed E-state index contributed by atoms with van der Waals surface area (Å²) in [6.07, 6.45) is 5.78.